The van der Waals surface area contributed by atoms with Crippen LogP contribution in [0.3, 0.4) is 0 Å². The van der Waals surface area contributed by atoms with Gasteiger partial charge in [-0.3, -0.25) is 9.69 Å². The third-order valence-electron chi connectivity index (χ3n) is 4.82. The molecule has 1 unspecified atom stereocenters. The lowest BCUT2D eigenvalue weighted by atomic mass is 9.94. The Morgan fingerprint density at radius 1 is 1.26 bits per heavy atom. The summed E-state index contributed by atoms with van der Waals surface area (Å²) in [6.07, 6.45) is 0. The Hall–Kier alpha value is -2.28. The zero-order valence-corrected chi connectivity index (χ0v) is 17.0. The van der Waals surface area contributed by atoms with Crippen molar-refractivity contribution in [1.29, 1.82) is 0 Å². The zero-order chi connectivity index (χ0) is 19.6. The van der Waals surface area contributed by atoms with Gasteiger partial charge in [0, 0.05) is 18.8 Å². The summed E-state index contributed by atoms with van der Waals surface area (Å²) in [7, 11) is 0. The molecule has 0 bridgehead atoms. The van der Waals surface area contributed by atoms with Crippen LogP contribution in [0.15, 0.2) is 40.5 Å². The Bertz CT molecular complexity index is 797. The maximum absolute atomic E-state index is 12.7. The van der Waals surface area contributed by atoms with Gasteiger partial charge in [0.15, 0.2) is 5.17 Å². The van der Waals surface area contributed by atoms with Crippen molar-refractivity contribution in [1.82, 2.24) is 4.90 Å². The van der Waals surface area contributed by atoms with Crippen molar-refractivity contribution in [2.24, 2.45) is 4.99 Å². The molecule has 2 heterocycles. The Balaban J connectivity index is 2.04. The Kier molecular flexibility index (Phi) is 5.89. The predicted molar refractivity (Wildman–Crippen MR) is 109 cm³/mol. The van der Waals surface area contributed by atoms with Crippen LogP contribution in [0.4, 0.5) is 5.69 Å². The van der Waals surface area contributed by atoms with Crippen LogP contribution in [0.2, 0.25) is 0 Å². The van der Waals surface area contributed by atoms with Crippen LogP contribution in [0, 0.1) is 0 Å². The third kappa shape index (κ3) is 3.60. The molecule has 3 rings (SSSR count). The minimum Gasteiger partial charge on any atom is -0.463 e. The molecular weight excluding hydrogens is 362 g/mol. The van der Waals surface area contributed by atoms with E-state index in [1.54, 1.807) is 18.7 Å². The summed E-state index contributed by atoms with van der Waals surface area (Å²) in [5.74, 6) is -0.109. The average Bonchev–Trinajstić information content (AvgIpc) is 3.03. The van der Waals surface area contributed by atoms with E-state index < -0.39 is 12.0 Å². The number of aliphatic imine (C=N–C) groups is 1. The largest absolute Gasteiger partial charge is 0.463 e. The summed E-state index contributed by atoms with van der Waals surface area (Å²) < 4.78 is 5.26. The topological polar surface area (TPSA) is 62.2 Å². The lowest BCUT2D eigenvalue weighted by Gasteiger charge is -2.33. The van der Waals surface area contributed by atoms with E-state index in [9.17, 15) is 9.59 Å². The summed E-state index contributed by atoms with van der Waals surface area (Å²) in [4.78, 5) is 33.6. The SMILES string of the molecule is CCOC(=O)C1=C(C)N=C2SCC(=O)N2C1c1ccc(N(CC)CC)cc1. The minimum absolute atomic E-state index is 0.0362. The second-order valence-electron chi connectivity index (χ2n) is 6.33. The van der Waals surface area contributed by atoms with E-state index in [0.29, 0.717) is 22.2 Å². The molecule has 1 fully saturated rings. The normalized spacial score (nSPS) is 19.1. The van der Waals surface area contributed by atoms with Crippen LogP contribution < -0.4 is 4.90 Å². The predicted octanol–water partition coefficient (Wildman–Crippen LogP) is 3.36. The number of amidine groups is 1. The van der Waals surface area contributed by atoms with E-state index >= 15 is 0 Å². The van der Waals surface area contributed by atoms with Gasteiger partial charge in [-0.15, -0.1) is 0 Å². The van der Waals surface area contributed by atoms with Gasteiger partial charge in [0.2, 0.25) is 5.91 Å². The number of rotatable bonds is 6. The lowest BCUT2D eigenvalue weighted by Crippen LogP contribution is -2.39. The highest BCUT2D eigenvalue weighted by Gasteiger charge is 2.43. The molecule has 2 aliphatic rings. The molecule has 0 aromatic heterocycles. The number of esters is 1. The first-order chi connectivity index (χ1) is 13.0. The van der Waals surface area contributed by atoms with Crippen LogP contribution in [0.25, 0.3) is 0 Å². The maximum Gasteiger partial charge on any atom is 0.338 e. The fourth-order valence-corrected chi connectivity index (χ4v) is 4.42. The molecule has 1 atom stereocenters. The van der Waals surface area contributed by atoms with Gasteiger partial charge in [-0.25, -0.2) is 9.79 Å². The van der Waals surface area contributed by atoms with Gasteiger partial charge in [-0.2, -0.15) is 0 Å². The number of ether oxygens (including phenoxy) is 1. The van der Waals surface area contributed by atoms with Crippen LogP contribution in [0.1, 0.15) is 39.3 Å². The number of allylic oxidation sites excluding steroid dienone is 1. The molecule has 1 aromatic carbocycles. The lowest BCUT2D eigenvalue weighted by molar-refractivity contribution is -0.139. The number of benzene rings is 1. The summed E-state index contributed by atoms with van der Waals surface area (Å²) >= 11 is 1.41. The van der Waals surface area contributed by atoms with E-state index in [4.69, 9.17) is 4.74 Å². The highest BCUT2D eigenvalue weighted by molar-refractivity contribution is 8.15. The minimum atomic E-state index is -0.496. The maximum atomic E-state index is 12.7. The van der Waals surface area contributed by atoms with Crippen molar-refractivity contribution in [2.45, 2.75) is 33.7 Å². The van der Waals surface area contributed by atoms with Gasteiger partial charge in [0.05, 0.1) is 29.7 Å². The number of nitrogens with zero attached hydrogens (tertiary/aromatic N) is 3. The molecule has 144 valence electrons. The number of carbonyl (C=O) groups is 2. The molecule has 7 heteroatoms. The summed E-state index contributed by atoms with van der Waals surface area (Å²) in [6.45, 7) is 9.93. The molecule has 2 aliphatic heterocycles. The van der Waals surface area contributed by atoms with Crippen LogP contribution in [-0.2, 0) is 14.3 Å². The van der Waals surface area contributed by atoms with Crippen molar-refractivity contribution in [2.75, 3.05) is 30.3 Å². The third-order valence-corrected chi connectivity index (χ3v) is 5.75. The van der Waals surface area contributed by atoms with Gasteiger partial charge in [-0.1, -0.05) is 23.9 Å². The smallest absolute Gasteiger partial charge is 0.338 e. The molecule has 1 amide bonds. The fourth-order valence-electron chi connectivity index (χ4n) is 3.48. The Labute approximate surface area is 164 Å². The standard InChI is InChI=1S/C20H25N3O3S/c1-5-22(6-2)15-10-8-14(9-11-15)18-17(19(25)26-7-3)13(4)21-20-23(18)16(24)12-27-20/h8-11,18H,5-7,12H2,1-4H3. The van der Waals surface area contributed by atoms with Gasteiger partial charge < -0.3 is 9.64 Å². The number of hydrogen-bond acceptors (Lipinski definition) is 6. The van der Waals surface area contributed by atoms with E-state index in [-0.39, 0.29) is 12.5 Å². The number of hydrogen-bond donors (Lipinski definition) is 0. The first-order valence-corrected chi connectivity index (χ1v) is 10.3. The molecule has 27 heavy (non-hydrogen) atoms. The Morgan fingerprint density at radius 3 is 2.52 bits per heavy atom. The van der Waals surface area contributed by atoms with Gasteiger partial charge in [0.1, 0.15) is 0 Å². The van der Waals surface area contributed by atoms with E-state index in [1.807, 2.05) is 24.3 Å². The van der Waals surface area contributed by atoms with Gasteiger partial charge in [0.25, 0.3) is 0 Å². The highest BCUT2D eigenvalue weighted by Crippen LogP contribution is 2.41. The first-order valence-electron chi connectivity index (χ1n) is 9.28. The molecule has 0 radical (unpaired) electrons. The molecule has 0 saturated carbocycles. The van der Waals surface area contributed by atoms with E-state index in [2.05, 4.69) is 23.7 Å². The first kappa shape index (κ1) is 19.5. The van der Waals surface area contributed by atoms with Crippen molar-refractivity contribution in [3.8, 4) is 0 Å². The van der Waals surface area contributed by atoms with E-state index in [1.165, 1.54) is 11.8 Å². The van der Waals surface area contributed by atoms with Crippen molar-refractivity contribution in [3.63, 3.8) is 0 Å². The molecule has 1 aromatic rings. The second kappa shape index (κ2) is 8.17. The van der Waals surface area contributed by atoms with Gasteiger partial charge >= 0.3 is 5.97 Å². The summed E-state index contributed by atoms with van der Waals surface area (Å²) in [5.41, 5.74) is 3.05. The van der Waals surface area contributed by atoms with Crippen LogP contribution in [0.5, 0.6) is 0 Å². The molecule has 0 spiro atoms. The zero-order valence-electron chi connectivity index (χ0n) is 16.2. The number of fused-ring (bicyclic) bond motifs is 1. The Morgan fingerprint density at radius 2 is 1.93 bits per heavy atom. The molecule has 6 nitrogen and oxygen atoms in total. The number of carbonyl (C=O) groups excluding carboxylic acids is 2. The second-order valence-corrected chi connectivity index (χ2v) is 7.28. The molecular formula is C20H25N3O3S. The van der Waals surface area contributed by atoms with Crippen LogP contribution in [-0.4, -0.2) is 47.4 Å². The average molecular weight is 388 g/mol. The molecule has 0 N–H and O–H groups in total. The highest BCUT2D eigenvalue weighted by atomic mass is 32.2. The monoisotopic (exact) mass is 387 g/mol. The molecule has 1 saturated heterocycles. The van der Waals surface area contributed by atoms with Crippen molar-refractivity contribution >= 4 is 34.5 Å². The van der Waals surface area contributed by atoms with Crippen molar-refractivity contribution < 1.29 is 14.3 Å². The van der Waals surface area contributed by atoms with Crippen molar-refractivity contribution in [3.05, 3.63) is 41.1 Å². The summed E-state index contributed by atoms with van der Waals surface area (Å²) in [6, 6.07) is 7.57. The van der Waals surface area contributed by atoms with Gasteiger partial charge in [-0.05, 0) is 45.4 Å². The van der Waals surface area contributed by atoms with E-state index in [0.717, 1.165) is 24.3 Å². The quantitative estimate of drug-likeness (QED) is 0.701. The molecule has 0 aliphatic carbocycles. The van der Waals surface area contributed by atoms with Crippen LogP contribution >= 0.6 is 11.8 Å². The number of amides is 1. The number of anilines is 1. The number of thioether (sulfide) groups is 1. The summed E-state index contributed by atoms with van der Waals surface area (Å²) in [5, 5.41) is 0.656. The fraction of sp³-hybridized carbons (Fsp3) is 0.450.